The predicted octanol–water partition coefficient (Wildman–Crippen LogP) is 0.327. The van der Waals surface area contributed by atoms with E-state index in [0.29, 0.717) is 5.57 Å². The highest BCUT2D eigenvalue weighted by Crippen LogP contribution is 2.14. The van der Waals surface area contributed by atoms with Crippen LogP contribution in [0.2, 0.25) is 0 Å². The van der Waals surface area contributed by atoms with Gasteiger partial charge in [-0.25, -0.2) is 8.42 Å². The van der Waals surface area contributed by atoms with Gasteiger partial charge in [-0.15, -0.1) is 10.2 Å². The third-order valence-electron chi connectivity index (χ3n) is 1.62. The van der Waals surface area contributed by atoms with E-state index in [0.717, 1.165) is 6.26 Å². The Morgan fingerprint density at radius 3 is 2.60 bits per heavy atom. The van der Waals surface area contributed by atoms with E-state index in [1.807, 2.05) is 0 Å². The zero-order valence-electron chi connectivity index (χ0n) is 8.14. The summed E-state index contributed by atoms with van der Waals surface area (Å²) in [5, 5.41) is 13.0. The third-order valence-corrected chi connectivity index (χ3v) is 2.69. The molecule has 6 nitrogen and oxygen atoms in total. The van der Waals surface area contributed by atoms with Crippen molar-refractivity contribution in [3.05, 3.63) is 36.0 Å². The molecule has 0 aliphatic carbocycles. The molecular formula is C8H10N4O2S. The van der Waals surface area contributed by atoms with Gasteiger partial charge in [0.15, 0.2) is 9.84 Å². The molecule has 0 fully saturated rings. The van der Waals surface area contributed by atoms with Crippen LogP contribution in [0.25, 0.3) is 5.57 Å². The highest BCUT2D eigenvalue weighted by atomic mass is 32.2. The van der Waals surface area contributed by atoms with Gasteiger partial charge in [-0.05, 0) is 11.3 Å². The molecule has 0 radical (unpaired) electrons. The first-order valence-electron chi connectivity index (χ1n) is 3.92. The van der Waals surface area contributed by atoms with Crippen molar-refractivity contribution in [2.24, 2.45) is 0 Å². The second-order valence-corrected chi connectivity index (χ2v) is 4.85. The maximum Gasteiger partial charge on any atom is 0.204 e. The second kappa shape index (κ2) is 4.18. The molecule has 0 aromatic carbocycles. The lowest BCUT2D eigenvalue weighted by atomic mass is 10.2. The van der Waals surface area contributed by atoms with E-state index in [9.17, 15) is 8.42 Å². The van der Waals surface area contributed by atoms with E-state index in [-0.39, 0.29) is 10.7 Å². The fourth-order valence-electron chi connectivity index (χ4n) is 0.779. The Hall–Kier alpha value is -1.76. The summed E-state index contributed by atoms with van der Waals surface area (Å²) in [6.45, 7) is 6.95. The summed E-state index contributed by atoms with van der Waals surface area (Å²) >= 11 is 0. The van der Waals surface area contributed by atoms with Gasteiger partial charge in [0.1, 0.15) is 0 Å². The molecule has 0 saturated carbocycles. The average Bonchev–Trinajstić information content (AvgIpc) is 2.64. The quantitative estimate of drug-likeness (QED) is 0.747. The van der Waals surface area contributed by atoms with Gasteiger partial charge in [0.2, 0.25) is 5.82 Å². The minimum atomic E-state index is -3.30. The largest absolute Gasteiger partial charge is 0.224 e. The lowest BCUT2D eigenvalue weighted by Crippen LogP contribution is -1.98. The summed E-state index contributed by atoms with van der Waals surface area (Å²) < 4.78 is 22.2. The number of hydrogen-bond acceptors (Lipinski definition) is 5. The maximum absolute atomic E-state index is 11.1. The van der Waals surface area contributed by atoms with Crippen LogP contribution >= 0.6 is 0 Å². The summed E-state index contributed by atoms with van der Waals surface area (Å²) in [4.78, 5) is -0.0257. The average molecular weight is 226 g/mol. The van der Waals surface area contributed by atoms with Gasteiger partial charge in [0, 0.05) is 11.8 Å². The predicted molar refractivity (Wildman–Crippen MR) is 56.3 cm³/mol. The number of allylic oxidation sites excluding steroid dienone is 3. The van der Waals surface area contributed by atoms with E-state index in [1.54, 1.807) is 0 Å². The van der Waals surface area contributed by atoms with Crippen molar-refractivity contribution in [2.45, 2.75) is 0 Å². The molecule has 0 unspecified atom stereocenters. The second-order valence-electron chi connectivity index (χ2n) is 2.78. The molecule has 1 aromatic rings. The van der Waals surface area contributed by atoms with Crippen LogP contribution < -0.4 is 0 Å². The molecule has 0 aliphatic rings. The van der Waals surface area contributed by atoms with Crippen LogP contribution in [-0.2, 0) is 9.84 Å². The summed E-state index contributed by atoms with van der Waals surface area (Å²) in [7, 11) is -3.30. The molecule has 0 aliphatic heterocycles. The van der Waals surface area contributed by atoms with Gasteiger partial charge < -0.3 is 0 Å². The van der Waals surface area contributed by atoms with Crippen molar-refractivity contribution >= 4 is 15.4 Å². The minimum absolute atomic E-state index is 0.0257. The SMILES string of the molecule is C=C/C(=C\C(=C)S(C)(=O)=O)c1nn[nH]n1. The first kappa shape index (κ1) is 11.3. The Balaban J connectivity index is 3.10. The van der Waals surface area contributed by atoms with Crippen molar-refractivity contribution in [3.63, 3.8) is 0 Å². The minimum Gasteiger partial charge on any atom is -0.224 e. The number of tetrazole rings is 1. The van der Waals surface area contributed by atoms with Crippen molar-refractivity contribution in [1.82, 2.24) is 20.6 Å². The van der Waals surface area contributed by atoms with Crippen molar-refractivity contribution < 1.29 is 8.42 Å². The molecule has 1 N–H and O–H groups in total. The maximum atomic E-state index is 11.1. The Kier molecular flexibility index (Phi) is 3.15. The summed E-state index contributed by atoms with van der Waals surface area (Å²) in [6.07, 6.45) is 3.84. The first-order chi connectivity index (χ1) is 6.95. The van der Waals surface area contributed by atoms with Crippen LogP contribution in [-0.4, -0.2) is 35.3 Å². The van der Waals surface area contributed by atoms with Crippen molar-refractivity contribution in [2.75, 3.05) is 6.26 Å². The van der Waals surface area contributed by atoms with Gasteiger partial charge in [-0.2, -0.15) is 5.21 Å². The summed E-state index contributed by atoms with van der Waals surface area (Å²) in [6, 6.07) is 0. The molecule has 1 aromatic heterocycles. The van der Waals surface area contributed by atoms with Crippen LogP contribution in [0.5, 0.6) is 0 Å². The Morgan fingerprint density at radius 1 is 1.53 bits per heavy atom. The zero-order valence-corrected chi connectivity index (χ0v) is 8.95. The van der Waals surface area contributed by atoms with Crippen LogP contribution in [0, 0.1) is 0 Å². The van der Waals surface area contributed by atoms with Gasteiger partial charge in [0.05, 0.1) is 4.91 Å². The van der Waals surface area contributed by atoms with E-state index >= 15 is 0 Å². The normalized spacial score (nSPS) is 12.5. The van der Waals surface area contributed by atoms with Crippen LogP contribution in [0.15, 0.2) is 30.2 Å². The lowest BCUT2D eigenvalue weighted by molar-refractivity contribution is 0.608. The van der Waals surface area contributed by atoms with E-state index in [4.69, 9.17) is 0 Å². The van der Waals surface area contributed by atoms with E-state index in [2.05, 4.69) is 33.8 Å². The number of hydrogen-bond donors (Lipinski definition) is 1. The van der Waals surface area contributed by atoms with Gasteiger partial charge >= 0.3 is 0 Å². The smallest absolute Gasteiger partial charge is 0.204 e. The highest BCUT2D eigenvalue weighted by molar-refractivity contribution is 7.94. The Labute approximate surface area is 87.3 Å². The van der Waals surface area contributed by atoms with Gasteiger partial charge in [0.25, 0.3) is 0 Å². The number of rotatable bonds is 4. The third kappa shape index (κ3) is 2.84. The van der Waals surface area contributed by atoms with Crippen molar-refractivity contribution in [3.8, 4) is 0 Å². The fourth-order valence-corrected chi connectivity index (χ4v) is 1.12. The number of aromatic amines is 1. The van der Waals surface area contributed by atoms with Crippen LogP contribution in [0.4, 0.5) is 0 Å². The molecule has 0 spiro atoms. The van der Waals surface area contributed by atoms with Crippen molar-refractivity contribution in [1.29, 1.82) is 0 Å². The first-order valence-corrected chi connectivity index (χ1v) is 5.81. The summed E-state index contributed by atoms with van der Waals surface area (Å²) in [5.41, 5.74) is 0.444. The van der Waals surface area contributed by atoms with E-state index < -0.39 is 9.84 Å². The van der Waals surface area contributed by atoms with Gasteiger partial charge in [-0.3, -0.25) is 0 Å². The monoisotopic (exact) mass is 226 g/mol. The highest BCUT2D eigenvalue weighted by Gasteiger charge is 2.09. The molecular weight excluding hydrogens is 216 g/mol. The number of aromatic nitrogens is 4. The summed E-state index contributed by atoms with van der Waals surface area (Å²) in [5.74, 6) is 0.273. The molecule has 1 heterocycles. The van der Waals surface area contributed by atoms with Crippen LogP contribution in [0.3, 0.4) is 0 Å². The van der Waals surface area contributed by atoms with Crippen LogP contribution in [0.1, 0.15) is 5.82 Å². The molecule has 80 valence electrons. The molecule has 7 heteroatoms. The Bertz CT molecular complexity index is 499. The molecule has 0 bridgehead atoms. The number of nitrogens with zero attached hydrogens (tertiary/aromatic N) is 3. The number of sulfone groups is 1. The molecule has 0 saturated heterocycles. The fraction of sp³-hybridized carbons (Fsp3) is 0.125. The number of H-pyrrole nitrogens is 1. The Morgan fingerprint density at radius 2 is 2.20 bits per heavy atom. The topological polar surface area (TPSA) is 88.6 Å². The zero-order chi connectivity index (χ0) is 11.5. The molecule has 1 rings (SSSR count). The van der Waals surface area contributed by atoms with Gasteiger partial charge in [-0.1, -0.05) is 19.2 Å². The lowest BCUT2D eigenvalue weighted by Gasteiger charge is -1.97. The molecule has 0 amide bonds. The standard InChI is InChI=1S/C8H10N4O2S/c1-4-7(8-9-11-12-10-8)5-6(2)15(3,13)14/h4-5H,1-2H2,3H3,(H,9,10,11,12)/b7-5+. The molecule has 0 atom stereocenters. The number of nitrogens with one attached hydrogen (secondary N) is 1. The van der Waals surface area contributed by atoms with E-state index in [1.165, 1.54) is 12.2 Å². The molecule has 15 heavy (non-hydrogen) atoms.